The van der Waals surface area contributed by atoms with Gasteiger partial charge in [-0.1, -0.05) is 13.0 Å². The van der Waals surface area contributed by atoms with Gasteiger partial charge in [0.15, 0.2) is 0 Å². The maximum absolute atomic E-state index is 12.2. The molecule has 0 saturated carbocycles. The van der Waals surface area contributed by atoms with E-state index >= 15 is 0 Å². The second-order valence-electron chi connectivity index (χ2n) is 7.04. The van der Waals surface area contributed by atoms with Crippen LogP contribution in [0.5, 0.6) is 0 Å². The summed E-state index contributed by atoms with van der Waals surface area (Å²) in [6.45, 7) is 6.83. The summed E-state index contributed by atoms with van der Waals surface area (Å²) in [5.74, 6) is -1.11. The standard InChI is InChI=1S/C18H24N4O2/c1-11(2)22-10-14-8-13(5-6-15(14)20-22)16-7-4-12(3)9-21(16)18(24)17(19)23/h5-6,8,10-12,16H,4,7,9H2,1-3H3,(H2,19,23)/t12-,16+/m0/s1. The Labute approximate surface area is 141 Å². The molecule has 2 amide bonds. The highest BCUT2D eigenvalue weighted by Crippen LogP contribution is 2.34. The molecule has 2 atom stereocenters. The van der Waals surface area contributed by atoms with Crippen molar-refractivity contribution in [1.82, 2.24) is 14.7 Å². The molecule has 0 aliphatic carbocycles. The number of nitrogens with two attached hydrogens (primary N) is 1. The summed E-state index contributed by atoms with van der Waals surface area (Å²) in [5, 5.41) is 5.60. The van der Waals surface area contributed by atoms with Crippen LogP contribution in [0, 0.1) is 5.92 Å². The van der Waals surface area contributed by atoms with Crippen LogP contribution in [0.15, 0.2) is 24.4 Å². The van der Waals surface area contributed by atoms with Crippen LogP contribution in [0.4, 0.5) is 0 Å². The number of carbonyl (C=O) groups is 2. The van der Waals surface area contributed by atoms with Crippen molar-refractivity contribution in [2.24, 2.45) is 11.7 Å². The monoisotopic (exact) mass is 328 g/mol. The minimum absolute atomic E-state index is 0.104. The molecule has 0 unspecified atom stereocenters. The summed E-state index contributed by atoms with van der Waals surface area (Å²) in [7, 11) is 0. The fourth-order valence-corrected chi connectivity index (χ4v) is 3.40. The van der Waals surface area contributed by atoms with Crippen molar-refractivity contribution >= 4 is 22.7 Å². The largest absolute Gasteiger partial charge is 0.361 e. The molecule has 1 aliphatic rings. The van der Waals surface area contributed by atoms with E-state index in [1.54, 1.807) is 4.90 Å². The summed E-state index contributed by atoms with van der Waals surface area (Å²) < 4.78 is 1.93. The lowest BCUT2D eigenvalue weighted by Crippen LogP contribution is -2.46. The van der Waals surface area contributed by atoms with Crippen molar-refractivity contribution in [2.45, 2.75) is 45.7 Å². The predicted molar refractivity (Wildman–Crippen MR) is 92.2 cm³/mol. The van der Waals surface area contributed by atoms with Gasteiger partial charge in [0.25, 0.3) is 0 Å². The van der Waals surface area contributed by atoms with E-state index in [1.165, 1.54) is 0 Å². The lowest BCUT2D eigenvalue weighted by atomic mass is 9.89. The van der Waals surface area contributed by atoms with E-state index in [4.69, 9.17) is 5.73 Å². The molecule has 3 rings (SSSR count). The molecule has 1 aromatic heterocycles. The molecule has 0 radical (unpaired) electrons. The van der Waals surface area contributed by atoms with Crippen LogP contribution in [0.2, 0.25) is 0 Å². The number of benzene rings is 1. The summed E-state index contributed by atoms with van der Waals surface area (Å²) in [6, 6.07) is 6.25. The van der Waals surface area contributed by atoms with E-state index < -0.39 is 11.8 Å². The third-order valence-corrected chi connectivity index (χ3v) is 4.75. The predicted octanol–water partition coefficient (Wildman–Crippen LogP) is 2.40. The lowest BCUT2D eigenvalue weighted by Gasteiger charge is -2.38. The highest BCUT2D eigenvalue weighted by molar-refractivity contribution is 6.34. The number of fused-ring (bicyclic) bond motifs is 1. The maximum atomic E-state index is 12.2. The SMILES string of the molecule is CC(C)n1cc2cc([C@H]3CC[C@H](C)CN3C(=O)C(N)=O)ccc2n1. The molecule has 24 heavy (non-hydrogen) atoms. The van der Waals surface area contributed by atoms with Gasteiger partial charge in [0.1, 0.15) is 0 Å². The quantitative estimate of drug-likeness (QED) is 0.860. The van der Waals surface area contributed by atoms with Gasteiger partial charge < -0.3 is 10.6 Å². The Morgan fingerprint density at radius 3 is 2.71 bits per heavy atom. The van der Waals surface area contributed by atoms with Crippen LogP contribution in [-0.2, 0) is 9.59 Å². The number of nitrogens with zero attached hydrogens (tertiary/aromatic N) is 3. The first-order valence-electron chi connectivity index (χ1n) is 8.46. The van der Waals surface area contributed by atoms with Crippen molar-refractivity contribution in [3.05, 3.63) is 30.0 Å². The van der Waals surface area contributed by atoms with Crippen molar-refractivity contribution in [3.63, 3.8) is 0 Å². The Bertz CT molecular complexity index is 780. The third-order valence-electron chi connectivity index (χ3n) is 4.75. The number of aromatic nitrogens is 2. The highest BCUT2D eigenvalue weighted by atomic mass is 16.2. The first-order chi connectivity index (χ1) is 11.4. The Balaban J connectivity index is 1.97. The van der Waals surface area contributed by atoms with Gasteiger partial charge in [-0.05, 0) is 50.3 Å². The van der Waals surface area contributed by atoms with Gasteiger partial charge in [0.05, 0.1) is 11.6 Å². The zero-order chi connectivity index (χ0) is 17.4. The van der Waals surface area contributed by atoms with Crippen LogP contribution in [-0.4, -0.2) is 33.0 Å². The number of carbonyl (C=O) groups excluding carboxylic acids is 2. The van der Waals surface area contributed by atoms with Gasteiger partial charge in [-0.15, -0.1) is 0 Å². The molecular weight excluding hydrogens is 304 g/mol. The first-order valence-corrected chi connectivity index (χ1v) is 8.46. The second-order valence-corrected chi connectivity index (χ2v) is 7.04. The molecule has 2 aromatic rings. The Kier molecular flexibility index (Phi) is 4.30. The lowest BCUT2D eigenvalue weighted by molar-refractivity contribution is -0.147. The minimum atomic E-state index is -0.886. The number of likely N-dealkylation sites (tertiary alicyclic amines) is 1. The topological polar surface area (TPSA) is 81.2 Å². The highest BCUT2D eigenvalue weighted by Gasteiger charge is 2.33. The van der Waals surface area contributed by atoms with Crippen LogP contribution in [0.1, 0.15) is 51.3 Å². The molecule has 0 spiro atoms. The number of hydrogen-bond acceptors (Lipinski definition) is 3. The molecule has 1 saturated heterocycles. The molecule has 1 fully saturated rings. The Hall–Kier alpha value is -2.37. The van der Waals surface area contributed by atoms with Gasteiger partial charge in [-0.2, -0.15) is 5.10 Å². The number of piperidine rings is 1. The van der Waals surface area contributed by atoms with Crippen molar-refractivity contribution in [2.75, 3.05) is 6.54 Å². The molecule has 6 nitrogen and oxygen atoms in total. The van der Waals surface area contributed by atoms with E-state index in [0.717, 1.165) is 29.3 Å². The van der Waals surface area contributed by atoms with Gasteiger partial charge in [0.2, 0.25) is 0 Å². The molecule has 2 heterocycles. The fraction of sp³-hybridized carbons (Fsp3) is 0.500. The average molecular weight is 328 g/mol. The van der Waals surface area contributed by atoms with Crippen LogP contribution in [0.3, 0.4) is 0 Å². The van der Waals surface area contributed by atoms with Gasteiger partial charge in [-0.3, -0.25) is 14.3 Å². The summed E-state index contributed by atoms with van der Waals surface area (Å²) in [4.78, 5) is 25.2. The molecule has 1 aromatic carbocycles. The second kappa shape index (κ2) is 6.26. The molecular formula is C18H24N4O2. The van der Waals surface area contributed by atoms with E-state index in [1.807, 2.05) is 23.0 Å². The molecule has 6 heteroatoms. The third kappa shape index (κ3) is 3.00. The fourth-order valence-electron chi connectivity index (χ4n) is 3.40. The van der Waals surface area contributed by atoms with E-state index in [-0.39, 0.29) is 6.04 Å². The van der Waals surface area contributed by atoms with Crippen molar-refractivity contribution < 1.29 is 9.59 Å². The van der Waals surface area contributed by atoms with E-state index in [2.05, 4.69) is 31.9 Å². The van der Waals surface area contributed by atoms with Crippen LogP contribution < -0.4 is 5.73 Å². The van der Waals surface area contributed by atoms with E-state index in [9.17, 15) is 9.59 Å². The average Bonchev–Trinajstić information content (AvgIpc) is 2.97. The van der Waals surface area contributed by atoms with Crippen molar-refractivity contribution in [1.29, 1.82) is 0 Å². The number of hydrogen-bond donors (Lipinski definition) is 1. The van der Waals surface area contributed by atoms with Crippen LogP contribution in [0.25, 0.3) is 10.9 Å². The smallest absolute Gasteiger partial charge is 0.312 e. The molecule has 2 N–H and O–H groups in total. The van der Waals surface area contributed by atoms with Gasteiger partial charge >= 0.3 is 11.8 Å². The number of rotatable bonds is 2. The van der Waals surface area contributed by atoms with Gasteiger partial charge in [-0.25, -0.2) is 0 Å². The van der Waals surface area contributed by atoms with E-state index in [0.29, 0.717) is 18.5 Å². The van der Waals surface area contributed by atoms with Crippen molar-refractivity contribution in [3.8, 4) is 0 Å². The normalized spacial score (nSPS) is 21.4. The Morgan fingerprint density at radius 1 is 1.29 bits per heavy atom. The Morgan fingerprint density at radius 2 is 2.04 bits per heavy atom. The number of primary amides is 1. The van der Waals surface area contributed by atoms with Gasteiger partial charge in [0, 0.05) is 24.2 Å². The zero-order valence-electron chi connectivity index (χ0n) is 14.4. The summed E-state index contributed by atoms with van der Waals surface area (Å²) in [5.41, 5.74) is 7.21. The molecule has 128 valence electrons. The molecule has 0 bridgehead atoms. The summed E-state index contributed by atoms with van der Waals surface area (Å²) in [6.07, 6.45) is 3.88. The maximum Gasteiger partial charge on any atom is 0.312 e. The minimum Gasteiger partial charge on any atom is -0.361 e. The first kappa shape index (κ1) is 16.5. The number of amides is 2. The molecule has 1 aliphatic heterocycles. The summed E-state index contributed by atoms with van der Waals surface area (Å²) >= 11 is 0. The zero-order valence-corrected chi connectivity index (χ0v) is 14.4. The van der Waals surface area contributed by atoms with Crippen LogP contribution >= 0.6 is 0 Å².